The second kappa shape index (κ2) is 5.60. The van der Waals surface area contributed by atoms with Gasteiger partial charge in [-0.25, -0.2) is 0 Å². The maximum Gasteiger partial charge on any atom is 0.0375 e. The molecule has 2 nitrogen and oxygen atoms in total. The van der Waals surface area contributed by atoms with Gasteiger partial charge in [0.15, 0.2) is 0 Å². The molecule has 1 unspecified atom stereocenters. The molecule has 16 heavy (non-hydrogen) atoms. The minimum absolute atomic E-state index is 0.114. The summed E-state index contributed by atoms with van der Waals surface area (Å²) >= 11 is 0. The molecule has 0 saturated heterocycles. The van der Waals surface area contributed by atoms with Gasteiger partial charge < -0.3 is 5.73 Å². The summed E-state index contributed by atoms with van der Waals surface area (Å²) in [6.45, 7) is 6.62. The predicted octanol–water partition coefficient (Wildman–Crippen LogP) is 2.24. The van der Waals surface area contributed by atoms with Crippen molar-refractivity contribution in [3.05, 3.63) is 35.4 Å². The Kier molecular flexibility index (Phi) is 4.69. The van der Waals surface area contributed by atoms with Crippen LogP contribution in [-0.2, 0) is 23.8 Å². The summed E-state index contributed by atoms with van der Waals surface area (Å²) in [7, 11) is -0.770. The molecule has 2 N–H and O–H groups in total. The van der Waals surface area contributed by atoms with Crippen molar-refractivity contribution < 1.29 is 4.21 Å². The van der Waals surface area contributed by atoms with Crippen LogP contribution in [0.4, 0.5) is 0 Å². The van der Waals surface area contributed by atoms with Crippen LogP contribution in [0.5, 0.6) is 0 Å². The lowest BCUT2D eigenvalue weighted by atomic mass is 10.1. The molecule has 0 aliphatic rings. The van der Waals surface area contributed by atoms with Gasteiger partial charge in [-0.15, -0.1) is 0 Å². The first-order valence-electron chi connectivity index (χ1n) is 5.60. The van der Waals surface area contributed by atoms with Gasteiger partial charge in [0.25, 0.3) is 0 Å². The molecule has 1 rings (SSSR count). The van der Waals surface area contributed by atoms with Gasteiger partial charge in [-0.05, 0) is 38.3 Å². The molecule has 3 heteroatoms. The van der Waals surface area contributed by atoms with Gasteiger partial charge in [0.05, 0.1) is 0 Å². The van der Waals surface area contributed by atoms with Crippen molar-refractivity contribution in [2.75, 3.05) is 5.75 Å². The van der Waals surface area contributed by atoms with E-state index in [1.807, 2.05) is 32.9 Å². The first-order valence-corrected chi connectivity index (χ1v) is 6.92. The van der Waals surface area contributed by atoms with Crippen LogP contribution in [0.3, 0.4) is 0 Å². The van der Waals surface area contributed by atoms with E-state index in [2.05, 4.69) is 12.1 Å². The average Bonchev–Trinajstić information content (AvgIpc) is 2.25. The highest BCUT2D eigenvalue weighted by Crippen LogP contribution is 2.13. The summed E-state index contributed by atoms with van der Waals surface area (Å²) in [5.41, 5.74) is 7.90. The van der Waals surface area contributed by atoms with E-state index >= 15 is 0 Å². The largest absolute Gasteiger partial charge is 0.326 e. The van der Waals surface area contributed by atoms with E-state index in [4.69, 9.17) is 5.73 Å². The molecule has 0 aliphatic heterocycles. The molecule has 0 aliphatic carbocycles. The van der Waals surface area contributed by atoms with E-state index in [0.29, 0.717) is 6.54 Å². The Bertz CT molecular complexity index is 351. The van der Waals surface area contributed by atoms with Gasteiger partial charge >= 0.3 is 0 Å². The van der Waals surface area contributed by atoms with Gasteiger partial charge in [-0.2, -0.15) is 0 Å². The monoisotopic (exact) mass is 239 g/mol. The van der Waals surface area contributed by atoms with Crippen molar-refractivity contribution in [1.29, 1.82) is 0 Å². The van der Waals surface area contributed by atoms with Crippen molar-refractivity contribution in [2.24, 2.45) is 5.73 Å². The standard InChI is InChI=1S/C13H21NOS/c1-13(2,3)16(15)9-8-11-4-6-12(10-14)7-5-11/h4-7H,8-10,14H2,1-3H3. The molecule has 0 radical (unpaired) electrons. The van der Waals surface area contributed by atoms with Crippen LogP contribution < -0.4 is 5.73 Å². The SMILES string of the molecule is CC(C)(C)S(=O)CCc1ccc(CN)cc1. The van der Waals surface area contributed by atoms with Gasteiger partial charge in [0.2, 0.25) is 0 Å². The fourth-order valence-corrected chi connectivity index (χ4v) is 2.39. The minimum atomic E-state index is -0.770. The quantitative estimate of drug-likeness (QED) is 0.875. The van der Waals surface area contributed by atoms with E-state index in [1.165, 1.54) is 5.56 Å². The third-order valence-electron chi connectivity index (χ3n) is 2.52. The zero-order chi connectivity index (χ0) is 12.2. The maximum atomic E-state index is 11.9. The normalized spacial score (nSPS) is 13.8. The number of aryl methyl sites for hydroxylation is 1. The van der Waals surface area contributed by atoms with Gasteiger partial charge in [-0.3, -0.25) is 4.21 Å². The Morgan fingerprint density at radius 1 is 1.12 bits per heavy atom. The molecule has 0 saturated carbocycles. The molecule has 0 aromatic heterocycles. The highest BCUT2D eigenvalue weighted by Gasteiger charge is 2.18. The van der Waals surface area contributed by atoms with E-state index in [0.717, 1.165) is 17.7 Å². The van der Waals surface area contributed by atoms with Crippen molar-refractivity contribution in [3.63, 3.8) is 0 Å². The van der Waals surface area contributed by atoms with Crippen LogP contribution in [0.1, 0.15) is 31.9 Å². The summed E-state index contributed by atoms with van der Waals surface area (Å²) in [5, 5.41) is 0. The van der Waals surface area contributed by atoms with Crippen LogP contribution in [-0.4, -0.2) is 14.7 Å². The second-order valence-corrected chi connectivity index (χ2v) is 7.26. The third-order valence-corrected chi connectivity index (χ3v) is 4.46. The molecule has 1 aromatic carbocycles. The van der Waals surface area contributed by atoms with Crippen LogP contribution in [0.2, 0.25) is 0 Å². The zero-order valence-corrected chi connectivity index (χ0v) is 11.1. The number of hydrogen-bond acceptors (Lipinski definition) is 2. The molecule has 1 aromatic rings. The number of nitrogens with two attached hydrogens (primary N) is 1. The van der Waals surface area contributed by atoms with E-state index in [1.54, 1.807) is 0 Å². The first-order chi connectivity index (χ1) is 7.43. The molecule has 1 atom stereocenters. The molecule has 0 heterocycles. The zero-order valence-electron chi connectivity index (χ0n) is 10.3. The lowest BCUT2D eigenvalue weighted by Gasteiger charge is -2.17. The Balaban J connectivity index is 2.52. The molecule has 90 valence electrons. The Labute approximate surface area is 101 Å². The maximum absolute atomic E-state index is 11.9. The summed E-state index contributed by atoms with van der Waals surface area (Å²) in [6.07, 6.45) is 0.870. The third kappa shape index (κ3) is 4.06. The second-order valence-electron chi connectivity index (χ2n) is 4.93. The topological polar surface area (TPSA) is 43.1 Å². The van der Waals surface area contributed by atoms with E-state index in [-0.39, 0.29) is 4.75 Å². The van der Waals surface area contributed by atoms with Gasteiger partial charge in [0.1, 0.15) is 0 Å². The smallest absolute Gasteiger partial charge is 0.0375 e. The van der Waals surface area contributed by atoms with Crippen LogP contribution in [0, 0.1) is 0 Å². The van der Waals surface area contributed by atoms with Crippen molar-refractivity contribution >= 4 is 10.8 Å². The van der Waals surface area contributed by atoms with Crippen molar-refractivity contribution in [3.8, 4) is 0 Å². The van der Waals surface area contributed by atoms with Crippen LogP contribution >= 0.6 is 0 Å². The molecular formula is C13H21NOS. The van der Waals surface area contributed by atoms with Crippen LogP contribution in [0.25, 0.3) is 0 Å². The summed E-state index contributed by atoms with van der Waals surface area (Å²) in [4.78, 5) is 0. The molecule has 0 bridgehead atoms. The highest BCUT2D eigenvalue weighted by atomic mass is 32.2. The average molecular weight is 239 g/mol. The van der Waals surface area contributed by atoms with Crippen molar-refractivity contribution in [1.82, 2.24) is 0 Å². The van der Waals surface area contributed by atoms with Crippen LogP contribution in [0.15, 0.2) is 24.3 Å². The molecule has 0 spiro atoms. The fourth-order valence-electron chi connectivity index (χ4n) is 1.36. The Morgan fingerprint density at radius 3 is 2.06 bits per heavy atom. The lowest BCUT2D eigenvalue weighted by molar-refractivity contribution is 0.648. The first kappa shape index (κ1) is 13.4. The summed E-state index contributed by atoms with van der Waals surface area (Å²) in [5.74, 6) is 0.728. The lowest BCUT2D eigenvalue weighted by Crippen LogP contribution is -2.24. The predicted molar refractivity (Wildman–Crippen MR) is 70.8 cm³/mol. The summed E-state index contributed by atoms with van der Waals surface area (Å²) < 4.78 is 11.7. The molecular weight excluding hydrogens is 218 g/mol. The number of rotatable bonds is 4. The summed E-state index contributed by atoms with van der Waals surface area (Å²) in [6, 6.07) is 8.22. The Morgan fingerprint density at radius 2 is 1.62 bits per heavy atom. The van der Waals surface area contributed by atoms with Gasteiger partial charge in [0, 0.05) is 27.8 Å². The molecule has 0 fully saturated rings. The number of benzene rings is 1. The fraction of sp³-hybridized carbons (Fsp3) is 0.538. The number of hydrogen-bond donors (Lipinski definition) is 1. The van der Waals surface area contributed by atoms with E-state index in [9.17, 15) is 4.21 Å². The molecule has 0 amide bonds. The van der Waals surface area contributed by atoms with E-state index < -0.39 is 10.8 Å². The van der Waals surface area contributed by atoms with Crippen molar-refractivity contribution in [2.45, 2.75) is 38.5 Å². The highest BCUT2D eigenvalue weighted by molar-refractivity contribution is 7.86. The minimum Gasteiger partial charge on any atom is -0.326 e. The Hall–Kier alpha value is -0.670. The van der Waals surface area contributed by atoms with Gasteiger partial charge in [-0.1, -0.05) is 24.3 Å².